The van der Waals surface area contributed by atoms with Gasteiger partial charge in [0, 0.05) is 17.1 Å². The molecular weight excluding hydrogens is 254 g/mol. The lowest BCUT2D eigenvalue weighted by Gasteiger charge is -2.28. The second-order valence-electron chi connectivity index (χ2n) is 5.69. The maximum Gasteiger partial charge on any atom is 0.0406 e. The fraction of sp³-hybridized carbons (Fsp3) is 0.647. The molecule has 1 nitrogen and oxygen atoms in total. The van der Waals surface area contributed by atoms with Crippen LogP contribution in [0.3, 0.4) is 0 Å². The molecule has 0 aromatic heterocycles. The quantitative estimate of drug-likeness (QED) is 0.654. The molecule has 0 saturated heterocycles. The predicted octanol–water partition coefficient (Wildman–Crippen LogP) is 5.60. The van der Waals surface area contributed by atoms with Crippen LogP contribution in [-0.2, 0) is 0 Å². The molecule has 1 aromatic carbocycles. The first kappa shape index (κ1) is 16.5. The summed E-state index contributed by atoms with van der Waals surface area (Å²) in [5.41, 5.74) is 1.34. The van der Waals surface area contributed by atoms with Crippen molar-refractivity contribution in [3.8, 4) is 0 Å². The van der Waals surface area contributed by atoms with E-state index in [-0.39, 0.29) is 0 Å². The first-order valence-electron chi connectivity index (χ1n) is 7.60. The van der Waals surface area contributed by atoms with Gasteiger partial charge in [-0.15, -0.1) is 0 Å². The van der Waals surface area contributed by atoms with E-state index < -0.39 is 0 Å². The molecule has 108 valence electrons. The zero-order chi connectivity index (χ0) is 14.3. The summed E-state index contributed by atoms with van der Waals surface area (Å²) >= 11 is 5.98. The molecule has 0 heterocycles. The van der Waals surface area contributed by atoms with Gasteiger partial charge in [-0.05, 0) is 36.5 Å². The average Bonchev–Trinajstić information content (AvgIpc) is 2.40. The molecule has 0 spiro atoms. The van der Waals surface area contributed by atoms with Crippen LogP contribution in [0, 0.1) is 5.92 Å². The lowest BCUT2D eigenvalue weighted by molar-refractivity contribution is 0.336. The molecule has 0 bridgehead atoms. The minimum Gasteiger partial charge on any atom is -0.307 e. The minimum absolute atomic E-state index is 0.416. The molecule has 0 aliphatic heterocycles. The van der Waals surface area contributed by atoms with Gasteiger partial charge < -0.3 is 5.32 Å². The van der Waals surface area contributed by atoms with Crippen LogP contribution >= 0.6 is 11.6 Å². The summed E-state index contributed by atoms with van der Waals surface area (Å²) in [5.74, 6) is 0.580. The molecule has 2 atom stereocenters. The van der Waals surface area contributed by atoms with Gasteiger partial charge in [0.2, 0.25) is 0 Å². The molecule has 2 heteroatoms. The molecule has 2 unspecified atom stereocenters. The Morgan fingerprint density at radius 3 is 2.21 bits per heavy atom. The normalized spacial score (nSPS) is 14.6. The summed E-state index contributed by atoms with van der Waals surface area (Å²) in [6.07, 6.45) is 5.03. The largest absolute Gasteiger partial charge is 0.307 e. The summed E-state index contributed by atoms with van der Waals surface area (Å²) in [7, 11) is 0. The highest BCUT2D eigenvalue weighted by Gasteiger charge is 2.18. The van der Waals surface area contributed by atoms with Gasteiger partial charge in [-0.1, -0.05) is 64.3 Å². The number of halogens is 1. The third-order valence-electron chi connectivity index (χ3n) is 3.71. The number of rotatable bonds is 8. The molecule has 0 aliphatic rings. The van der Waals surface area contributed by atoms with E-state index in [1.807, 2.05) is 12.1 Å². The summed E-state index contributed by atoms with van der Waals surface area (Å²) in [6, 6.07) is 9.29. The first-order chi connectivity index (χ1) is 9.08. The predicted molar refractivity (Wildman–Crippen MR) is 85.8 cm³/mol. The lowest BCUT2D eigenvalue weighted by Crippen LogP contribution is -2.35. The minimum atomic E-state index is 0.416. The Labute approximate surface area is 123 Å². The Morgan fingerprint density at radius 2 is 1.74 bits per heavy atom. The third kappa shape index (κ3) is 5.54. The molecule has 1 aromatic rings. The maximum absolute atomic E-state index is 5.98. The second kappa shape index (κ2) is 8.60. The Kier molecular flexibility index (Phi) is 7.48. The van der Waals surface area contributed by atoms with Crippen molar-refractivity contribution in [2.75, 3.05) is 0 Å². The van der Waals surface area contributed by atoms with Gasteiger partial charge in [-0.3, -0.25) is 0 Å². The van der Waals surface area contributed by atoms with Gasteiger partial charge in [-0.25, -0.2) is 0 Å². The van der Waals surface area contributed by atoms with Gasteiger partial charge in [0.05, 0.1) is 0 Å². The van der Waals surface area contributed by atoms with Crippen LogP contribution in [0.4, 0.5) is 0 Å². The van der Waals surface area contributed by atoms with Crippen molar-refractivity contribution in [1.82, 2.24) is 5.32 Å². The van der Waals surface area contributed by atoms with Crippen molar-refractivity contribution in [2.45, 2.75) is 65.5 Å². The van der Waals surface area contributed by atoms with Crippen LogP contribution in [0.2, 0.25) is 5.02 Å². The number of hydrogen-bond donors (Lipinski definition) is 1. The molecular formula is C17H28ClN. The van der Waals surface area contributed by atoms with Crippen LogP contribution in [0.1, 0.15) is 65.0 Å². The second-order valence-corrected chi connectivity index (χ2v) is 6.12. The van der Waals surface area contributed by atoms with Crippen molar-refractivity contribution in [1.29, 1.82) is 0 Å². The zero-order valence-corrected chi connectivity index (χ0v) is 13.5. The van der Waals surface area contributed by atoms with Crippen LogP contribution in [0.25, 0.3) is 0 Å². The molecule has 19 heavy (non-hydrogen) atoms. The first-order valence-corrected chi connectivity index (χ1v) is 7.97. The smallest absolute Gasteiger partial charge is 0.0406 e. The Hall–Kier alpha value is -0.530. The van der Waals surface area contributed by atoms with E-state index in [0.29, 0.717) is 18.0 Å². The van der Waals surface area contributed by atoms with Crippen molar-refractivity contribution < 1.29 is 0 Å². The fourth-order valence-electron chi connectivity index (χ4n) is 2.45. The van der Waals surface area contributed by atoms with E-state index in [2.05, 4.69) is 45.1 Å². The molecule has 0 radical (unpaired) electrons. The standard InChI is InChI=1S/C17H28ClN/c1-5-7-8-16(6-2)19-17(13(3)4)14-9-11-15(18)12-10-14/h9-13,16-17,19H,5-8H2,1-4H3. The topological polar surface area (TPSA) is 12.0 Å². The maximum atomic E-state index is 5.98. The Balaban J connectivity index is 2.74. The van der Waals surface area contributed by atoms with Crippen LogP contribution < -0.4 is 5.32 Å². The van der Waals surface area contributed by atoms with E-state index in [9.17, 15) is 0 Å². The molecule has 0 amide bonds. The van der Waals surface area contributed by atoms with Crippen molar-refractivity contribution in [3.05, 3.63) is 34.9 Å². The highest BCUT2D eigenvalue weighted by atomic mass is 35.5. The highest BCUT2D eigenvalue weighted by Crippen LogP contribution is 2.25. The van der Waals surface area contributed by atoms with Gasteiger partial charge >= 0.3 is 0 Å². The zero-order valence-electron chi connectivity index (χ0n) is 12.7. The van der Waals surface area contributed by atoms with E-state index in [0.717, 1.165) is 5.02 Å². The molecule has 0 fully saturated rings. The fourth-order valence-corrected chi connectivity index (χ4v) is 2.58. The molecule has 0 saturated carbocycles. The van der Waals surface area contributed by atoms with Gasteiger partial charge in [0.25, 0.3) is 0 Å². The van der Waals surface area contributed by atoms with Gasteiger partial charge in [-0.2, -0.15) is 0 Å². The Morgan fingerprint density at radius 1 is 1.11 bits per heavy atom. The van der Waals surface area contributed by atoms with E-state index in [4.69, 9.17) is 11.6 Å². The van der Waals surface area contributed by atoms with Gasteiger partial charge in [0.15, 0.2) is 0 Å². The summed E-state index contributed by atoms with van der Waals surface area (Å²) in [5, 5.41) is 4.64. The lowest BCUT2D eigenvalue weighted by atomic mass is 9.94. The molecule has 0 aliphatic carbocycles. The summed E-state index contributed by atoms with van der Waals surface area (Å²) in [4.78, 5) is 0. The van der Waals surface area contributed by atoms with E-state index in [1.54, 1.807) is 0 Å². The Bertz CT molecular complexity index is 345. The van der Waals surface area contributed by atoms with Crippen LogP contribution in [-0.4, -0.2) is 6.04 Å². The van der Waals surface area contributed by atoms with Crippen LogP contribution in [0.5, 0.6) is 0 Å². The van der Waals surface area contributed by atoms with E-state index in [1.165, 1.54) is 31.2 Å². The van der Waals surface area contributed by atoms with Crippen molar-refractivity contribution in [2.24, 2.45) is 5.92 Å². The number of unbranched alkanes of at least 4 members (excludes halogenated alkanes) is 1. The third-order valence-corrected chi connectivity index (χ3v) is 3.96. The number of nitrogens with one attached hydrogen (secondary N) is 1. The monoisotopic (exact) mass is 281 g/mol. The SMILES string of the molecule is CCCCC(CC)NC(c1ccc(Cl)cc1)C(C)C. The molecule has 1 N–H and O–H groups in total. The summed E-state index contributed by atoms with van der Waals surface area (Å²) in [6.45, 7) is 9.08. The van der Waals surface area contributed by atoms with Crippen LogP contribution in [0.15, 0.2) is 24.3 Å². The van der Waals surface area contributed by atoms with Crippen molar-refractivity contribution in [3.63, 3.8) is 0 Å². The number of hydrogen-bond acceptors (Lipinski definition) is 1. The highest BCUT2D eigenvalue weighted by molar-refractivity contribution is 6.30. The summed E-state index contributed by atoms with van der Waals surface area (Å²) < 4.78 is 0. The van der Waals surface area contributed by atoms with Crippen molar-refractivity contribution >= 4 is 11.6 Å². The number of benzene rings is 1. The van der Waals surface area contributed by atoms with Gasteiger partial charge in [0.1, 0.15) is 0 Å². The molecule has 1 rings (SSSR count). The average molecular weight is 282 g/mol. The van der Waals surface area contributed by atoms with E-state index >= 15 is 0 Å².